The fraction of sp³-hybridized carbons (Fsp3) is 0. The van der Waals surface area contributed by atoms with Gasteiger partial charge < -0.3 is 0 Å². The Hall–Kier alpha value is -0.340. The summed E-state index contributed by atoms with van der Waals surface area (Å²) in [4.78, 5) is 0. The highest BCUT2D eigenvalue weighted by atomic mass is 79.9. The predicted octanol–water partition coefficient (Wildman–Crippen LogP) is 4.00. The van der Waals surface area contributed by atoms with Crippen LogP contribution in [-0.4, -0.2) is 0 Å². The zero-order chi connectivity index (χ0) is 8.27. The van der Waals surface area contributed by atoms with Crippen molar-refractivity contribution in [3.05, 3.63) is 39.6 Å². The molecule has 0 aliphatic carbocycles. The Morgan fingerprint density at radius 2 is 1.91 bits per heavy atom. The lowest BCUT2D eigenvalue weighted by Gasteiger charge is -1.91. The van der Waals surface area contributed by atoms with E-state index < -0.39 is 0 Å². The Balaban J connectivity index is 2.91. The minimum atomic E-state index is -0.389. The maximum atomic E-state index is 12.2. The van der Waals surface area contributed by atoms with Crippen LogP contribution in [0.3, 0.4) is 0 Å². The van der Waals surface area contributed by atoms with Gasteiger partial charge in [-0.15, -0.1) is 0 Å². The molecule has 0 bridgehead atoms. The first-order valence-corrected chi connectivity index (χ1v) is 4.14. The van der Waals surface area contributed by atoms with Gasteiger partial charge in [0.1, 0.15) is 0 Å². The molecule has 1 aromatic rings. The highest BCUT2D eigenvalue weighted by molar-refractivity contribution is 9.11. The van der Waals surface area contributed by atoms with Crippen molar-refractivity contribution in [2.45, 2.75) is 0 Å². The van der Waals surface area contributed by atoms with Gasteiger partial charge in [-0.05, 0) is 39.7 Å². The van der Waals surface area contributed by atoms with Crippen LogP contribution in [0, 0.1) is 0 Å². The summed E-state index contributed by atoms with van der Waals surface area (Å²) in [5, 5.41) is 0.650. The lowest BCUT2D eigenvalue weighted by Crippen LogP contribution is -1.69. The lowest BCUT2D eigenvalue weighted by molar-refractivity contribution is 0.712. The van der Waals surface area contributed by atoms with Gasteiger partial charge in [-0.25, -0.2) is 0 Å². The van der Waals surface area contributed by atoms with Crippen LogP contribution in [0.2, 0.25) is 5.02 Å². The molecule has 11 heavy (non-hydrogen) atoms. The van der Waals surface area contributed by atoms with Gasteiger partial charge in [-0.3, -0.25) is 0 Å². The van der Waals surface area contributed by atoms with E-state index in [1.54, 1.807) is 24.3 Å². The molecule has 0 N–H and O–H groups in total. The molecule has 0 nitrogen and oxygen atoms in total. The molecule has 0 aromatic heterocycles. The molecule has 0 spiro atoms. The summed E-state index contributed by atoms with van der Waals surface area (Å²) in [5.41, 5.74) is 0.781. The summed E-state index contributed by atoms with van der Waals surface area (Å²) < 4.78 is 11.8. The first-order chi connectivity index (χ1) is 5.18. The van der Waals surface area contributed by atoms with Crippen molar-refractivity contribution < 1.29 is 4.39 Å². The van der Waals surface area contributed by atoms with E-state index in [0.29, 0.717) is 5.02 Å². The van der Waals surface area contributed by atoms with Crippen molar-refractivity contribution >= 4 is 33.6 Å². The lowest BCUT2D eigenvalue weighted by atomic mass is 10.2. The molecule has 58 valence electrons. The highest BCUT2D eigenvalue weighted by Gasteiger charge is 1.90. The Morgan fingerprint density at radius 3 is 2.36 bits per heavy atom. The number of hydrogen-bond donors (Lipinski definition) is 0. The van der Waals surface area contributed by atoms with Crippen LogP contribution in [0.25, 0.3) is 6.08 Å². The third-order valence-corrected chi connectivity index (χ3v) is 1.63. The van der Waals surface area contributed by atoms with Gasteiger partial charge >= 0.3 is 0 Å². The average molecular weight is 235 g/mol. The molecule has 0 radical (unpaired) electrons. The van der Waals surface area contributed by atoms with E-state index in [9.17, 15) is 4.39 Å². The first-order valence-electron chi connectivity index (χ1n) is 2.97. The molecule has 0 amide bonds. The molecule has 0 aliphatic rings. The molecular weight excluding hydrogens is 230 g/mol. The summed E-state index contributed by atoms with van der Waals surface area (Å²) in [6.07, 6.45) is 1.37. The Bertz CT molecular complexity index is 262. The Morgan fingerprint density at radius 1 is 1.36 bits per heavy atom. The smallest absolute Gasteiger partial charge is 0.166 e. The van der Waals surface area contributed by atoms with E-state index in [1.165, 1.54) is 6.08 Å². The van der Waals surface area contributed by atoms with Crippen LogP contribution >= 0.6 is 27.5 Å². The topological polar surface area (TPSA) is 0 Å². The van der Waals surface area contributed by atoms with Crippen molar-refractivity contribution in [1.82, 2.24) is 0 Å². The van der Waals surface area contributed by atoms with Crippen molar-refractivity contribution in [2.75, 3.05) is 0 Å². The van der Waals surface area contributed by atoms with Crippen LogP contribution in [0.15, 0.2) is 29.0 Å². The molecule has 1 aromatic carbocycles. The van der Waals surface area contributed by atoms with E-state index in [2.05, 4.69) is 15.9 Å². The van der Waals surface area contributed by atoms with Crippen molar-refractivity contribution in [3.8, 4) is 0 Å². The minimum absolute atomic E-state index is 0.389. The van der Waals surface area contributed by atoms with Crippen LogP contribution in [0.1, 0.15) is 5.56 Å². The largest absolute Gasteiger partial charge is 0.199 e. The number of halogens is 3. The molecule has 0 aliphatic heterocycles. The summed E-state index contributed by atoms with van der Waals surface area (Å²) in [7, 11) is 0. The van der Waals surface area contributed by atoms with Gasteiger partial charge in [-0.2, -0.15) is 4.39 Å². The van der Waals surface area contributed by atoms with Gasteiger partial charge in [0, 0.05) is 5.02 Å². The molecular formula is C8H5BrClF. The van der Waals surface area contributed by atoms with Crippen LogP contribution < -0.4 is 0 Å². The fourth-order valence-electron chi connectivity index (χ4n) is 0.685. The van der Waals surface area contributed by atoms with Crippen molar-refractivity contribution in [2.24, 2.45) is 0 Å². The SMILES string of the molecule is F/C(Br)=C\c1ccc(Cl)cc1. The number of benzene rings is 1. The molecule has 1 rings (SSSR count). The van der Waals surface area contributed by atoms with Gasteiger partial charge in [0.25, 0.3) is 0 Å². The fourth-order valence-corrected chi connectivity index (χ4v) is 1.08. The monoisotopic (exact) mass is 234 g/mol. The number of hydrogen-bond acceptors (Lipinski definition) is 0. The highest BCUT2D eigenvalue weighted by Crippen LogP contribution is 2.15. The quantitative estimate of drug-likeness (QED) is 0.690. The molecule has 0 unspecified atom stereocenters. The Kier molecular flexibility index (Phi) is 3.09. The van der Waals surface area contributed by atoms with Crippen LogP contribution in [-0.2, 0) is 0 Å². The standard InChI is InChI=1S/C8H5BrClF/c9-8(11)5-6-1-3-7(10)4-2-6/h1-5H/b8-5-. The van der Waals surface area contributed by atoms with E-state index >= 15 is 0 Å². The first kappa shape index (κ1) is 8.75. The Labute approximate surface area is 77.8 Å². The molecule has 0 fully saturated rings. The van der Waals surface area contributed by atoms with Gasteiger partial charge in [0.05, 0.1) is 0 Å². The minimum Gasteiger partial charge on any atom is -0.199 e. The van der Waals surface area contributed by atoms with E-state index in [4.69, 9.17) is 11.6 Å². The van der Waals surface area contributed by atoms with Crippen molar-refractivity contribution in [1.29, 1.82) is 0 Å². The van der Waals surface area contributed by atoms with E-state index in [0.717, 1.165) is 5.56 Å². The third-order valence-electron chi connectivity index (χ3n) is 1.15. The van der Waals surface area contributed by atoms with Gasteiger partial charge in [0.15, 0.2) is 4.74 Å². The number of rotatable bonds is 1. The molecule has 0 atom stereocenters. The zero-order valence-corrected chi connectivity index (χ0v) is 7.86. The predicted molar refractivity (Wildman–Crippen MR) is 49.5 cm³/mol. The normalized spacial score (nSPS) is 11.7. The zero-order valence-electron chi connectivity index (χ0n) is 5.52. The summed E-state index contributed by atoms with van der Waals surface area (Å²) >= 11 is 8.31. The second kappa shape index (κ2) is 3.88. The van der Waals surface area contributed by atoms with Crippen LogP contribution in [0.4, 0.5) is 4.39 Å². The summed E-state index contributed by atoms with van der Waals surface area (Å²) in [5.74, 6) is 0. The molecule has 3 heteroatoms. The second-order valence-electron chi connectivity index (χ2n) is 1.99. The summed E-state index contributed by atoms with van der Waals surface area (Å²) in [6.45, 7) is 0. The van der Waals surface area contributed by atoms with Gasteiger partial charge in [-0.1, -0.05) is 23.7 Å². The molecule has 0 saturated carbocycles. The van der Waals surface area contributed by atoms with E-state index in [1.807, 2.05) is 0 Å². The second-order valence-corrected chi connectivity index (χ2v) is 3.18. The summed E-state index contributed by atoms with van der Waals surface area (Å²) in [6, 6.07) is 6.90. The average Bonchev–Trinajstić information content (AvgIpc) is 1.93. The van der Waals surface area contributed by atoms with Crippen molar-refractivity contribution in [3.63, 3.8) is 0 Å². The van der Waals surface area contributed by atoms with Crippen LogP contribution in [0.5, 0.6) is 0 Å². The maximum absolute atomic E-state index is 12.2. The van der Waals surface area contributed by atoms with E-state index in [-0.39, 0.29) is 4.74 Å². The maximum Gasteiger partial charge on any atom is 0.166 e. The molecule has 0 heterocycles. The third kappa shape index (κ3) is 3.04. The van der Waals surface area contributed by atoms with Gasteiger partial charge in [0.2, 0.25) is 0 Å². The molecule has 0 saturated heterocycles.